The summed E-state index contributed by atoms with van der Waals surface area (Å²) >= 11 is 0. The lowest BCUT2D eigenvalue weighted by Gasteiger charge is -2.14. The molecule has 0 aromatic heterocycles. The molecule has 1 N–H and O–H groups in total. The van der Waals surface area contributed by atoms with Crippen molar-refractivity contribution in [1.82, 2.24) is 0 Å². The first kappa shape index (κ1) is 14.4. The molecule has 0 spiro atoms. The molecule has 0 radical (unpaired) electrons. The second-order valence-corrected chi connectivity index (χ2v) is 4.50. The lowest BCUT2D eigenvalue weighted by Crippen LogP contribution is -2.11. The molecule has 0 fully saturated rings. The van der Waals surface area contributed by atoms with Crippen molar-refractivity contribution in [3.05, 3.63) is 59.7 Å². The van der Waals surface area contributed by atoms with E-state index in [0.717, 1.165) is 11.3 Å². The fraction of sp³-hybridized carbons (Fsp3) is 0.176. The number of nitrogens with one attached hydrogen (secondary N) is 1. The van der Waals surface area contributed by atoms with Crippen LogP contribution in [0.5, 0.6) is 5.75 Å². The number of benzene rings is 2. The Morgan fingerprint density at radius 1 is 1.14 bits per heavy atom. The van der Waals surface area contributed by atoms with E-state index in [1.165, 1.54) is 0 Å². The Morgan fingerprint density at radius 3 is 2.52 bits per heavy atom. The third-order valence-electron chi connectivity index (χ3n) is 3.19. The van der Waals surface area contributed by atoms with E-state index in [-0.39, 0.29) is 5.92 Å². The van der Waals surface area contributed by atoms with Crippen molar-refractivity contribution < 1.29 is 4.74 Å². The third-order valence-corrected chi connectivity index (χ3v) is 3.19. The van der Waals surface area contributed by atoms with Crippen LogP contribution in [0, 0.1) is 22.7 Å². The summed E-state index contributed by atoms with van der Waals surface area (Å²) in [6, 6.07) is 19.2. The van der Waals surface area contributed by atoms with Crippen LogP contribution in [0.25, 0.3) is 0 Å². The van der Waals surface area contributed by atoms with E-state index in [9.17, 15) is 5.26 Å². The highest BCUT2D eigenvalue weighted by Gasteiger charge is 2.11. The molecule has 0 bridgehead atoms. The van der Waals surface area contributed by atoms with Crippen molar-refractivity contribution in [3.8, 4) is 17.9 Å². The molecular weight excluding hydrogens is 262 g/mol. The van der Waals surface area contributed by atoms with Gasteiger partial charge in [0.05, 0.1) is 36.4 Å². The van der Waals surface area contributed by atoms with Crippen LogP contribution in [-0.4, -0.2) is 13.7 Å². The molecule has 2 aromatic carbocycles. The highest BCUT2D eigenvalue weighted by molar-refractivity contribution is 5.59. The van der Waals surface area contributed by atoms with Crippen molar-refractivity contribution in [2.45, 2.75) is 5.92 Å². The normalized spacial score (nSPS) is 11.0. The van der Waals surface area contributed by atoms with Gasteiger partial charge in [-0.3, -0.25) is 0 Å². The highest BCUT2D eigenvalue weighted by atomic mass is 16.5. The Kier molecular flexibility index (Phi) is 4.79. The Balaban J connectivity index is 2.12. The van der Waals surface area contributed by atoms with Gasteiger partial charge in [-0.15, -0.1) is 0 Å². The summed E-state index contributed by atoms with van der Waals surface area (Å²) in [6.07, 6.45) is 0. The highest BCUT2D eigenvalue weighted by Crippen LogP contribution is 2.26. The summed E-state index contributed by atoms with van der Waals surface area (Å²) in [7, 11) is 1.56. The maximum Gasteiger partial charge on any atom is 0.143 e. The first-order valence-electron chi connectivity index (χ1n) is 6.55. The van der Waals surface area contributed by atoms with Gasteiger partial charge in [-0.2, -0.15) is 10.5 Å². The fourth-order valence-electron chi connectivity index (χ4n) is 2.04. The van der Waals surface area contributed by atoms with Crippen LogP contribution in [0.1, 0.15) is 17.0 Å². The minimum Gasteiger partial charge on any atom is -0.495 e. The standard InChI is InChI=1S/C17H15N3O/c1-21-17-9-13(10-18)7-8-16(17)20-12-15(11-19)14-5-3-2-4-6-14/h2-9,15,20H,12H2,1H3. The average Bonchev–Trinajstić information content (AvgIpc) is 2.56. The third kappa shape index (κ3) is 3.52. The molecule has 0 aliphatic carbocycles. The van der Waals surface area contributed by atoms with Crippen molar-refractivity contribution in [2.24, 2.45) is 0 Å². The van der Waals surface area contributed by atoms with E-state index < -0.39 is 0 Å². The molecule has 104 valence electrons. The Bertz CT molecular complexity index is 683. The van der Waals surface area contributed by atoms with Crippen molar-refractivity contribution in [3.63, 3.8) is 0 Å². The maximum atomic E-state index is 9.30. The van der Waals surface area contributed by atoms with Crippen LogP contribution in [0.4, 0.5) is 5.69 Å². The largest absolute Gasteiger partial charge is 0.495 e. The summed E-state index contributed by atoms with van der Waals surface area (Å²) in [6.45, 7) is 0.475. The van der Waals surface area contributed by atoms with E-state index in [1.54, 1.807) is 25.3 Å². The molecule has 21 heavy (non-hydrogen) atoms. The van der Waals surface area contributed by atoms with Crippen LogP contribution in [0.3, 0.4) is 0 Å². The molecule has 2 aromatic rings. The number of nitrogens with zero attached hydrogens (tertiary/aromatic N) is 2. The monoisotopic (exact) mass is 277 g/mol. The quantitative estimate of drug-likeness (QED) is 0.910. The van der Waals surface area contributed by atoms with E-state index >= 15 is 0 Å². The first-order valence-corrected chi connectivity index (χ1v) is 6.55. The molecule has 1 unspecified atom stereocenters. The van der Waals surface area contributed by atoms with Gasteiger partial charge < -0.3 is 10.1 Å². The summed E-state index contributed by atoms with van der Waals surface area (Å²) in [5.74, 6) is 0.352. The van der Waals surface area contributed by atoms with Gasteiger partial charge in [0, 0.05) is 12.6 Å². The number of hydrogen-bond donors (Lipinski definition) is 1. The second kappa shape index (κ2) is 6.98. The van der Waals surface area contributed by atoms with E-state index in [4.69, 9.17) is 10.00 Å². The molecule has 2 rings (SSSR count). The lowest BCUT2D eigenvalue weighted by atomic mass is 10.0. The molecule has 0 aliphatic rings. The Hall–Kier alpha value is -2.98. The molecule has 0 saturated heterocycles. The minimum absolute atomic E-state index is 0.244. The summed E-state index contributed by atoms with van der Waals surface area (Å²) in [5, 5.41) is 21.4. The predicted octanol–water partition coefficient (Wildman–Crippen LogP) is 3.29. The fourth-order valence-corrected chi connectivity index (χ4v) is 2.04. The lowest BCUT2D eigenvalue weighted by molar-refractivity contribution is 0.416. The molecule has 1 atom stereocenters. The van der Waals surface area contributed by atoms with Crippen LogP contribution >= 0.6 is 0 Å². The molecule has 0 heterocycles. The smallest absolute Gasteiger partial charge is 0.143 e. The van der Waals surface area contributed by atoms with Crippen molar-refractivity contribution in [1.29, 1.82) is 10.5 Å². The second-order valence-electron chi connectivity index (χ2n) is 4.50. The molecule has 0 amide bonds. The van der Waals surface area contributed by atoms with Crippen molar-refractivity contribution >= 4 is 5.69 Å². The maximum absolute atomic E-state index is 9.30. The van der Waals surface area contributed by atoms with Crippen LogP contribution < -0.4 is 10.1 Å². The van der Waals surface area contributed by atoms with Gasteiger partial charge in [0.2, 0.25) is 0 Å². The number of hydrogen-bond acceptors (Lipinski definition) is 4. The minimum atomic E-state index is -0.244. The van der Waals surface area contributed by atoms with Gasteiger partial charge in [-0.25, -0.2) is 0 Å². The zero-order chi connectivity index (χ0) is 15.1. The van der Waals surface area contributed by atoms with Gasteiger partial charge >= 0.3 is 0 Å². The van der Waals surface area contributed by atoms with Gasteiger partial charge in [-0.05, 0) is 17.7 Å². The summed E-state index contributed by atoms with van der Waals surface area (Å²) in [4.78, 5) is 0. The predicted molar refractivity (Wildman–Crippen MR) is 81.0 cm³/mol. The van der Waals surface area contributed by atoms with Crippen LogP contribution in [-0.2, 0) is 0 Å². The Labute approximate surface area is 124 Å². The molecule has 4 nitrogen and oxygen atoms in total. The van der Waals surface area contributed by atoms with E-state index in [2.05, 4.69) is 17.5 Å². The summed E-state index contributed by atoms with van der Waals surface area (Å²) < 4.78 is 5.26. The van der Waals surface area contributed by atoms with Gasteiger partial charge in [0.15, 0.2) is 0 Å². The zero-order valence-electron chi connectivity index (χ0n) is 11.7. The molecule has 0 aliphatic heterocycles. The first-order chi connectivity index (χ1) is 10.3. The van der Waals surface area contributed by atoms with Gasteiger partial charge in [0.1, 0.15) is 5.75 Å². The number of rotatable bonds is 5. The number of methoxy groups -OCH3 is 1. The topological polar surface area (TPSA) is 68.8 Å². The average molecular weight is 277 g/mol. The molecule has 0 saturated carbocycles. The molecular formula is C17H15N3O. The number of anilines is 1. The van der Waals surface area contributed by atoms with Crippen LogP contribution in [0.2, 0.25) is 0 Å². The van der Waals surface area contributed by atoms with Crippen molar-refractivity contribution in [2.75, 3.05) is 19.0 Å². The van der Waals surface area contributed by atoms with Crippen LogP contribution in [0.15, 0.2) is 48.5 Å². The molecule has 4 heteroatoms. The number of nitriles is 2. The SMILES string of the molecule is COc1cc(C#N)ccc1NCC(C#N)c1ccccc1. The zero-order valence-corrected chi connectivity index (χ0v) is 11.7. The van der Waals surface area contributed by atoms with E-state index in [1.807, 2.05) is 30.3 Å². The Morgan fingerprint density at radius 2 is 1.90 bits per heavy atom. The summed E-state index contributed by atoms with van der Waals surface area (Å²) in [5.41, 5.74) is 2.28. The number of ether oxygens (including phenoxy) is 1. The van der Waals surface area contributed by atoms with Gasteiger partial charge in [-0.1, -0.05) is 30.3 Å². The van der Waals surface area contributed by atoms with Gasteiger partial charge in [0.25, 0.3) is 0 Å². The van der Waals surface area contributed by atoms with E-state index in [0.29, 0.717) is 17.9 Å².